The highest BCUT2D eigenvalue weighted by Gasteiger charge is 2.35. The van der Waals surface area contributed by atoms with Crippen LogP contribution in [0.2, 0.25) is 0 Å². The molecular formula is C14H21ClN2O2. The van der Waals surface area contributed by atoms with Gasteiger partial charge < -0.3 is 15.7 Å². The first-order valence-corrected chi connectivity index (χ1v) is 6.37. The van der Waals surface area contributed by atoms with Gasteiger partial charge in [0.2, 0.25) is 5.91 Å². The Bertz CT molecular complexity index is 431. The third-order valence-corrected chi connectivity index (χ3v) is 3.60. The molecule has 3 N–H and O–H groups in total. The van der Waals surface area contributed by atoms with Crippen LogP contribution in [0, 0.1) is 0 Å². The Labute approximate surface area is 120 Å². The number of rotatable bonds is 4. The quantitative estimate of drug-likeness (QED) is 0.782. The third-order valence-electron chi connectivity index (χ3n) is 3.60. The molecule has 5 heteroatoms. The Morgan fingerprint density at radius 1 is 1.42 bits per heavy atom. The monoisotopic (exact) mass is 284 g/mol. The molecule has 0 bridgehead atoms. The van der Waals surface area contributed by atoms with Crippen LogP contribution in [0.1, 0.15) is 30.9 Å². The molecule has 1 aliphatic rings. The zero-order chi connectivity index (χ0) is 13.0. The van der Waals surface area contributed by atoms with Crippen LogP contribution in [0.25, 0.3) is 0 Å². The van der Waals surface area contributed by atoms with E-state index in [0.717, 1.165) is 30.5 Å². The summed E-state index contributed by atoms with van der Waals surface area (Å²) in [6, 6.07) is 7.60. The van der Waals surface area contributed by atoms with Crippen LogP contribution in [0.15, 0.2) is 24.3 Å². The normalized spacial score (nSPS) is 21.8. The van der Waals surface area contributed by atoms with Gasteiger partial charge in [0.15, 0.2) is 0 Å². The lowest BCUT2D eigenvalue weighted by Crippen LogP contribution is -2.50. The number of halogens is 1. The Balaban J connectivity index is 0.00000180. The summed E-state index contributed by atoms with van der Waals surface area (Å²) in [4.78, 5) is 12.1. The third kappa shape index (κ3) is 3.69. The van der Waals surface area contributed by atoms with Gasteiger partial charge in [-0.15, -0.1) is 12.4 Å². The van der Waals surface area contributed by atoms with E-state index >= 15 is 0 Å². The Kier molecular flexibility index (Phi) is 5.79. The molecule has 0 aliphatic carbocycles. The topological polar surface area (TPSA) is 61.4 Å². The summed E-state index contributed by atoms with van der Waals surface area (Å²) in [6.45, 7) is 3.30. The highest BCUT2D eigenvalue weighted by molar-refractivity contribution is 5.86. The van der Waals surface area contributed by atoms with E-state index in [0.29, 0.717) is 6.54 Å². The van der Waals surface area contributed by atoms with Crippen molar-refractivity contribution in [3.63, 3.8) is 0 Å². The van der Waals surface area contributed by atoms with Crippen LogP contribution >= 0.6 is 12.4 Å². The van der Waals surface area contributed by atoms with E-state index < -0.39 is 5.54 Å². The number of hydrogen-bond acceptors (Lipinski definition) is 3. The lowest BCUT2D eigenvalue weighted by atomic mass is 9.99. The number of carbonyl (C=O) groups excluding carboxylic acids is 1. The first-order chi connectivity index (χ1) is 8.65. The molecule has 0 spiro atoms. The van der Waals surface area contributed by atoms with Crippen LogP contribution in [0.5, 0.6) is 0 Å². The summed E-state index contributed by atoms with van der Waals surface area (Å²) in [7, 11) is 0. The molecule has 0 saturated carbocycles. The lowest BCUT2D eigenvalue weighted by Gasteiger charge is -2.23. The predicted molar refractivity (Wildman–Crippen MR) is 77.1 cm³/mol. The molecule has 19 heavy (non-hydrogen) atoms. The fourth-order valence-electron chi connectivity index (χ4n) is 2.34. The molecule has 1 unspecified atom stereocenters. The number of aliphatic hydroxyl groups is 1. The van der Waals surface area contributed by atoms with Gasteiger partial charge >= 0.3 is 0 Å². The molecule has 0 radical (unpaired) electrons. The maximum atomic E-state index is 12.1. The van der Waals surface area contributed by atoms with Crippen LogP contribution in [0.3, 0.4) is 0 Å². The summed E-state index contributed by atoms with van der Waals surface area (Å²) < 4.78 is 0. The molecule has 106 valence electrons. The molecule has 0 aromatic heterocycles. The average molecular weight is 285 g/mol. The highest BCUT2D eigenvalue weighted by Crippen LogP contribution is 2.18. The van der Waals surface area contributed by atoms with Crippen molar-refractivity contribution in [2.24, 2.45) is 0 Å². The van der Waals surface area contributed by atoms with Gasteiger partial charge in [-0.05, 0) is 37.4 Å². The van der Waals surface area contributed by atoms with Gasteiger partial charge in [0.05, 0.1) is 12.1 Å². The summed E-state index contributed by atoms with van der Waals surface area (Å²) in [5.74, 6) is 0.0349. The van der Waals surface area contributed by atoms with E-state index in [1.807, 2.05) is 31.2 Å². The molecule has 1 heterocycles. The Morgan fingerprint density at radius 3 is 2.68 bits per heavy atom. The lowest BCUT2D eigenvalue weighted by molar-refractivity contribution is -0.126. The molecule has 4 nitrogen and oxygen atoms in total. The maximum Gasteiger partial charge on any atom is 0.240 e. The minimum atomic E-state index is -0.436. The highest BCUT2D eigenvalue weighted by atomic mass is 35.5. The molecule has 2 rings (SSSR count). The molecule has 1 aliphatic heterocycles. The maximum absolute atomic E-state index is 12.1. The van der Waals surface area contributed by atoms with E-state index in [-0.39, 0.29) is 24.9 Å². The fourth-order valence-corrected chi connectivity index (χ4v) is 2.34. The molecular weight excluding hydrogens is 264 g/mol. The van der Waals surface area contributed by atoms with Crippen LogP contribution in [0.4, 0.5) is 0 Å². The summed E-state index contributed by atoms with van der Waals surface area (Å²) in [5, 5.41) is 15.4. The second-order valence-corrected chi connectivity index (χ2v) is 4.97. The van der Waals surface area contributed by atoms with Crippen molar-refractivity contribution in [1.82, 2.24) is 10.6 Å². The number of nitrogens with one attached hydrogen (secondary N) is 2. The molecule has 1 amide bonds. The minimum Gasteiger partial charge on any atom is -0.392 e. The van der Waals surface area contributed by atoms with Crippen LogP contribution < -0.4 is 10.6 Å². The fraction of sp³-hybridized carbons (Fsp3) is 0.500. The Hall–Kier alpha value is -1.10. The minimum absolute atomic E-state index is 0. The first kappa shape index (κ1) is 16.0. The zero-order valence-electron chi connectivity index (χ0n) is 11.1. The van der Waals surface area contributed by atoms with Crippen molar-refractivity contribution < 1.29 is 9.90 Å². The molecule has 1 fully saturated rings. The average Bonchev–Trinajstić information content (AvgIpc) is 2.84. The van der Waals surface area contributed by atoms with Gasteiger partial charge in [0.25, 0.3) is 0 Å². The number of hydrogen-bond donors (Lipinski definition) is 3. The SMILES string of the molecule is CC1(C(=O)NCc2ccccc2CO)CCCN1.Cl. The summed E-state index contributed by atoms with van der Waals surface area (Å²) >= 11 is 0. The van der Waals surface area contributed by atoms with Gasteiger partial charge in [-0.3, -0.25) is 4.79 Å². The van der Waals surface area contributed by atoms with Crippen molar-refractivity contribution >= 4 is 18.3 Å². The number of amides is 1. The summed E-state index contributed by atoms with van der Waals surface area (Å²) in [5.41, 5.74) is 1.39. The van der Waals surface area contributed by atoms with E-state index in [9.17, 15) is 9.90 Å². The molecule has 1 saturated heterocycles. The van der Waals surface area contributed by atoms with Gasteiger partial charge in [0.1, 0.15) is 0 Å². The van der Waals surface area contributed by atoms with Crippen LogP contribution in [-0.4, -0.2) is 23.1 Å². The van der Waals surface area contributed by atoms with Crippen molar-refractivity contribution in [3.05, 3.63) is 35.4 Å². The number of aliphatic hydroxyl groups excluding tert-OH is 1. The summed E-state index contributed by atoms with van der Waals surface area (Å²) in [6.07, 6.45) is 1.91. The molecule has 1 aromatic carbocycles. The molecule has 1 atom stereocenters. The number of benzene rings is 1. The smallest absolute Gasteiger partial charge is 0.240 e. The van der Waals surface area contributed by atoms with E-state index in [4.69, 9.17) is 0 Å². The predicted octanol–water partition coefficient (Wildman–Crippen LogP) is 1.36. The van der Waals surface area contributed by atoms with Crippen molar-refractivity contribution in [2.75, 3.05) is 6.54 Å². The van der Waals surface area contributed by atoms with Gasteiger partial charge in [0, 0.05) is 6.54 Å². The second-order valence-electron chi connectivity index (χ2n) is 4.97. The van der Waals surface area contributed by atoms with Crippen molar-refractivity contribution in [1.29, 1.82) is 0 Å². The number of carbonyl (C=O) groups is 1. The van der Waals surface area contributed by atoms with Gasteiger partial charge in [-0.2, -0.15) is 0 Å². The first-order valence-electron chi connectivity index (χ1n) is 6.37. The standard InChI is InChI=1S/C14H20N2O2.ClH/c1-14(7-4-8-16-14)13(18)15-9-11-5-2-3-6-12(11)10-17;/h2-3,5-6,16-17H,4,7-10H2,1H3,(H,15,18);1H. The largest absolute Gasteiger partial charge is 0.392 e. The Morgan fingerprint density at radius 2 is 2.11 bits per heavy atom. The molecule has 1 aromatic rings. The van der Waals surface area contributed by atoms with E-state index in [2.05, 4.69) is 10.6 Å². The second kappa shape index (κ2) is 6.89. The van der Waals surface area contributed by atoms with Gasteiger partial charge in [-0.25, -0.2) is 0 Å². The van der Waals surface area contributed by atoms with Crippen molar-refractivity contribution in [3.8, 4) is 0 Å². The van der Waals surface area contributed by atoms with Crippen LogP contribution in [-0.2, 0) is 17.9 Å². The van der Waals surface area contributed by atoms with E-state index in [1.54, 1.807) is 0 Å². The van der Waals surface area contributed by atoms with E-state index in [1.165, 1.54) is 0 Å². The van der Waals surface area contributed by atoms with Gasteiger partial charge in [-0.1, -0.05) is 24.3 Å². The zero-order valence-corrected chi connectivity index (χ0v) is 11.9. The van der Waals surface area contributed by atoms with Crippen molar-refractivity contribution in [2.45, 2.75) is 38.5 Å².